The Balaban J connectivity index is 1.70. The molecule has 26 heavy (non-hydrogen) atoms. The molecule has 1 amide bonds. The van der Waals surface area contributed by atoms with Gasteiger partial charge in [-0.1, -0.05) is 18.2 Å². The molecule has 9 heteroatoms. The molecule has 0 spiro atoms. The minimum absolute atomic E-state index is 0.0501. The Kier molecular flexibility index (Phi) is 4.72. The highest BCUT2D eigenvalue weighted by Gasteiger charge is 2.37. The fourth-order valence-corrected chi connectivity index (χ4v) is 2.84. The number of amides is 1. The number of aromatic carboxylic acids is 1. The highest BCUT2D eigenvalue weighted by atomic mass is 16.5. The zero-order valence-electron chi connectivity index (χ0n) is 13.5. The van der Waals surface area contributed by atoms with Crippen molar-refractivity contribution in [3.8, 4) is 17.2 Å². The van der Waals surface area contributed by atoms with Crippen LogP contribution in [0.25, 0.3) is 0 Å². The molecule has 0 aliphatic carbocycles. The van der Waals surface area contributed by atoms with E-state index in [9.17, 15) is 29.9 Å². The van der Waals surface area contributed by atoms with Crippen LogP contribution in [0.5, 0.6) is 17.2 Å². The average molecular weight is 357 g/mol. The molecule has 2 aromatic rings. The number of fused-ring (bicyclic) bond motifs is 1. The van der Waals surface area contributed by atoms with Crippen molar-refractivity contribution in [2.45, 2.75) is 18.8 Å². The molecule has 0 radical (unpaired) electrons. The van der Waals surface area contributed by atoms with Crippen LogP contribution in [0.4, 0.5) is 0 Å². The number of aromatic hydroxyl groups is 2. The van der Waals surface area contributed by atoms with Gasteiger partial charge in [0.25, 0.3) is 0 Å². The standard InChI is InChI=1S/C17H16BNO7/c20-12-5-4-9(6-13(12)21)7-15(22)19-14-8-10-2-1-3-11(17(23)24)16(10)26-18(14)25/h1-6,14,20-21,25H,7-8H2,(H,19,22)(H,23,24). The maximum atomic E-state index is 12.2. The molecule has 1 heterocycles. The molecule has 0 aromatic heterocycles. The number of carbonyl (C=O) groups is 2. The van der Waals surface area contributed by atoms with E-state index in [0.717, 1.165) is 0 Å². The molecule has 0 saturated carbocycles. The van der Waals surface area contributed by atoms with Crippen LogP contribution in [0.1, 0.15) is 21.5 Å². The third-order valence-electron chi connectivity index (χ3n) is 4.10. The lowest BCUT2D eigenvalue weighted by molar-refractivity contribution is -0.120. The predicted molar refractivity (Wildman–Crippen MR) is 91.1 cm³/mol. The molecule has 1 unspecified atom stereocenters. The number of hydrogen-bond donors (Lipinski definition) is 5. The lowest BCUT2D eigenvalue weighted by Gasteiger charge is -2.28. The van der Waals surface area contributed by atoms with Gasteiger partial charge in [0.1, 0.15) is 5.75 Å². The third kappa shape index (κ3) is 3.57. The van der Waals surface area contributed by atoms with Crippen molar-refractivity contribution in [3.63, 3.8) is 0 Å². The molecule has 134 valence electrons. The number of carbonyl (C=O) groups excluding carboxylic acids is 1. The summed E-state index contributed by atoms with van der Waals surface area (Å²) in [7, 11) is -1.39. The number of nitrogens with one attached hydrogen (secondary N) is 1. The number of benzene rings is 2. The van der Waals surface area contributed by atoms with Gasteiger partial charge in [-0.15, -0.1) is 0 Å². The van der Waals surface area contributed by atoms with Gasteiger partial charge < -0.3 is 30.3 Å². The molecule has 2 aromatic carbocycles. The summed E-state index contributed by atoms with van der Waals surface area (Å²) in [6, 6.07) is 8.67. The minimum Gasteiger partial charge on any atom is -0.534 e. The first-order valence-corrected chi connectivity index (χ1v) is 7.85. The molecule has 1 aliphatic rings. The van der Waals surface area contributed by atoms with E-state index in [2.05, 4.69) is 5.32 Å². The van der Waals surface area contributed by atoms with Crippen LogP contribution in [0.2, 0.25) is 0 Å². The molecule has 0 fully saturated rings. The first-order valence-electron chi connectivity index (χ1n) is 7.85. The highest BCUT2D eigenvalue weighted by Crippen LogP contribution is 2.30. The van der Waals surface area contributed by atoms with Crippen LogP contribution in [-0.2, 0) is 17.6 Å². The number of carboxylic acid groups (broad SMARTS) is 1. The quantitative estimate of drug-likeness (QED) is 0.397. The summed E-state index contributed by atoms with van der Waals surface area (Å²) in [5.74, 6) is -2.84. The molecule has 3 rings (SSSR count). The van der Waals surface area contributed by atoms with E-state index in [0.29, 0.717) is 11.1 Å². The fourth-order valence-electron chi connectivity index (χ4n) is 2.84. The van der Waals surface area contributed by atoms with E-state index in [1.165, 1.54) is 24.3 Å². The Bertz CT molecular complexity index is 870. The largest absolute Gasteiger partial charge is 0.547 e. The SMILES string of the molecule is O=C(Cc1ccc(O)c(O)c1)NC1Cc2cccc(C(=O)O)c2OB1O. The summed E-state index contributed by atoms with van der Waals surface area (Å²) in [6.07, 6.45) is 0.142. The van der Waals surface area contributed by atoms with Crippen LogP contribution in [-0.4, -0.2) is 45.3 Å². The zero-order chi connectivity index (χ0) is 18.8. The van der Waals surface area contributed by atoms with E-state index < -0.39 is 24.9 Å². The molecule has 8 nitrogen and oxygen atoms in total. The van der Waals surface area contributed by atoms with Gasteiger partial charge in [0.05, 0.1) is 17.9 Å². The van der Waals surface area contributed by atoms with E-state index >= 15 is 0 Å². The van der Waals surface area contributed by atoms with Crippen molar-refractivity contribution in [2.24, 2.45) is 0 Å². The summed E-state index contributed by atoms with van der Waals surface area (Å²) in [5.41, 5.74) is 1.01. The van der Waals surface area contributed by atoms with Gasteiger partial charge in [0, 0.05) is 0 Å². The summed E-state index contributed by atoms with van der Waals surface area (Å²) < 4.78 is 5.31. The van der Waals surface area contributed by atoms with Crippen LogP contribution >= 0.6 is 0 Å². The van der Waals surface area contributed by atoms with Gasteiger partial charge in [-0.25, -0.2) is 4.79 Å². The molecule has 1 aliphatic heterocycles. The van der Waals surface area contributed by atoms with Gasteiger partial charge in [-0.2, -0.15) is 0 Å². The Morgan fingerprint density at radius 1 is 1.19 bits per heavy atom. The highest BCUT2D eigenvalue weighted by molar-refractivity contribution is 6.47. The van der Waals surface area contributed by atoms with Crippen molar-refractivity contribution in [1.29, 1.82) is 0 Å². The number of carboxylic acids is 1. The van der Waals surface area contributed by atoms with Gasteiger partial charge in [0.15, 0.2) is 11.5 Å². The molecule has 1 atom stereocenters. The topological polar surface area (TPSA) is 136 Å². The monoisotopic (exact) mass is 357 g/mol. The predicted octanol–water partition coefficient (Wildman–Crippen LogP) is 0.478. The molecular weight excluding hydrogens is 341 g/mol. The van der Waals surface area contributed by atoms with Crippen LogP contribution in [0, 0.1) is 0 Å². The molecule has 0 saturated heterocycles. The Hall–Kier alpha value is -3.20. The van der Waals surface area contributed by atoms with E-state index in [4.69, 9.17) is 4.65 Å². The Morgan fingerprint density at radius 2 is 1.96 bits per heavy atom. The van der Waals surface area contributed by atoms with Crippen LogP contribution in [0.3, 0.4) is 0 Å². The fraction of sp³-hybridized carbons (Fsp3) is 0.176. The average Bonchev–Trinajstić information content (AvgIpc) is 2.58. The zero-order valence-corrected chi connectivity index (χ0v) is 13.5. The van der Waals surface area contributed by atoms with Crippen molar-refractivity contribution in [1.82, 2.24) is 5.32 Å². The number of phenols is 2. The third-order valence-corrected chi connectivity index (χ3v) is 4.10. The number of para-hydroxylation sites is 1. The first kappa shape index (κ1) is 17.6. The van der Waals surface area contributed by atoms with Gasteiger partial charge >= 0.3 is 13.1 Å². The van der Waals surface area contributed by atoms with Gasteiger partial charge in [0.2, 0.25) is 5.91 Å². The molecule has 0 bridgehead atoms. The minimum atomic E-state index is -1.39. The van der Waals surface area contributed by atoms with Crippen molar-refractivity contribution in [3.05, 3.63) is 53.1 Å². The summed E-state index contributed by atoms with van der Waals surface area (Å²) >= 11 is 0. The molecular formula is C17H16BNO7. The lowest BCUT2D eigenvalue weighted by atomic mass is 9.72. The van der Waals surface area contributed by atoms with Crippen molar-refractivity contribution >= 4 is 19.0 Å². The number of hydrogen-bond acceptors (Lipinski definition) is 6. The second-order valence-electron chi connectivity index (χ2n) is 5.99. The van der Waals surface area contributed by atoms with E-state index in [-0.39, 0.29) is 35.7 Å². The summed E-state index contributed by atoms with van der Waals surface area (Å²) in [5, 5.41) is 40.7. The van der Waals surface area contributed by atoms with Crippen LogP contribution < -0.4 is 9.97 Å². The normalized spacial score (nSPS) is 15.7. The second kappa shape index (κ2) is 6.97. The Labute approximate surface area is 148 Å². The first-order chi connectivity index (χ1) is 12.3. The maximum Gasteiger partial charge on any atom is 0.547 e. The smallest absolute Gasteiger partial charge is 0.534 e. The molecule has 5 N–H and O–H groups in total. The van der Waals surface area contributed by atoms with E-state index in [1.807, 2.05) is 0 Å². The number of rotatable bonds is 4. The summed E-state index contributed by atoms with van der Waals surface area (Å²) in [4.78, 5) is 23.4. The van der Waals surface area contributed by atoms with E-state index in [1.54, 1.807) is 12.1 Å². The second-order valence-corrected chi connectivity index (χ2v) is 5.99. The number of phenolic OH excluding ortho intramolecular Hbond substituents is 2. The van der Waals surface area contributed by atoms with Crippen molar-refractivity contribution in [2.75, 3.05) is 0 Å². The summed E-state index contributed by atoms with van der Waals surface area (Å²) in [6.45, 7) is 0. The maximum absolute atomic E-state index is 12.2. The van der Waals surface area contributed by atoms with Crippen molar-refractivity contribution < 1.29 is 34.6 Å². The van der Waals surface area contributed by atoms with Gasteiger partial charge in [-0.05, 0) is 35.7 Å². The van der Waals surface area contributed by atoms with Gasteiger partial charge in [-0.3, -0.25) is 4.79 Å². The Morgan fingerprint density at radius 3 is 2.65 bits per heavy atom. The lowest BCUT2D eigenvalue weighted by Crippen LogP contribution is -2.53. The van der Waals surface area contributed by atoms with Crippen LogP contribution in [0.15, 0.2) is 36.4 Å².